The second-order valence-electron chi connectivity index (χ2n) is 6.43. The molecule has 8 heteroatoms. The van der Waals surface area contributed by atoms with E-state index in [0.29, 0.717) is 17.2 Å². The van der Waals surface area contributed by atoms with Gasteiger partial charge >= 0.3 is 5.97 Å². The number of hydrogen-bond donors (Lipinski definition) is 2. The lowest BCUT2D eigenvalue weighted by molar-refractivity contribution is -0.120. The summed E-state index contributed by atoms with van der Waals surface area (Å²) in [4.78, 5) is 38.2. The highest BCUT2D eigenvalue weighted by Crippen LogP contribution is 2.36. The second kappa shape index (κ2) is 8.26. The molecule has 0 fully saturated rings. The van der Waals surface area contributed by atoms with Crippen molar-refractivity contribution in [2.45, 2.75) is 23.5 Å². The van der Waals surface area contributed by atoms with E-state index in [2.05, 4.69) is 10.6 Å². The molecule has 0 bridgehead atoms. The van der Waals surface area contributed by atoms with Gasteiger partial charge < -0.3 is 15.4 Å². The minimum absolute atomic E-state index is 0.0700. The first-order chi connectivity index (χ1) is 14.0. The quantitative estimate of drug-likeness (QED) is 0.586. The third-order valence-electron chi connectivity index (χ3n) is 4.35. The minimum Gasteiger partial charge on any atom is -0.462 e. The summed E-state index contributed by atoms with van der Waals surface area (Å²) in [7, 11) is 0. The van der Waals surface area contributed by atoms with Gasteiger partial charge in [0.15, 0.2) is 0 Å². The van der Waals surface area contributed by atoms with Crippen molar-refractivity contribution >= 4 is 62.3 Å². The van der Waals surface area contributed by atoms with Crippen LogP contribution in [0.2, 0.25) is 0 Å². The number of carbonyl (C=O) groups is 3. The topological polar surface area (TPSA) is 84.5 Å². The van der Waals surface area contributed by atoms with Gasteiger partial charge in [0.2, 0.25) is 11.8 Å². The summed E-state index contributed by atoms with van der Waals surface area (Å²) in [6.45, 7) is 2.09. The fourth-order valence-corrected chi connectivity index (χ4v) is 5.08. The molecule has 1 aliphatic rings. The van der Waals surface area contributed by atoms with Gasteiger partial charge in [-0.3, -0.25) is 9.59 Å². The standard InChI is InChI=1S/C21H18N2O4S2/c1-2-27-21(26)18-10-12-9-13(7-8-15(12)28-18)22-19(24)11-17-20(25)23-14-5-3-4-6-16(14)29-17/h3-10,17H,2,11H2,1H3,(H,22,24)(H,23,25). The van der Waals surface area contributed by atoms with Gasteiger partial charge in [0.1, 0.15) is 4.88 Å². The molecule has 4 rings (SSSR count). The van der Waals surface area contributed by atoms with E-state index in [1.54, 1.807) is 19.1 Å². The maximum Gasteiger partial charge on any atom is 0.348 e. The molecule has 0 saturated heterocycles. The molecule has 3 aromatic rings. The van der Waals surface area contributed by atoms with Gasteiger partial charge in [0.25, 0.3) is 0 Å². The number of rotatable bonds is 5. The highest BCUT2D eigenvalue weighted by atomic mass is 32.2. The Balaban J connectivity index is 1.43. The van der Waals surface area contributed by atoms with Gasteiger partial charge in [-0.15, -0.1) is 23.1 Å². The molecule has 0 aliphatic carbocycles. The van der Waals surface area contributed by atoms with Crippen molar-refractivity contribution in [1.29, 1.82) is 0 Å². The van der Waals surface area contributed by atoms with Crippen LogP contribution in [0.15, 0.2) is 53.4 Å². The average Bonchev–Trinajstić information content (AvgIpc) is 3.12. The van der Waals surface area contributed by atoms with Crippen LogP contribution in [-0.2, 0) is 14.3 Å². The number of fused-ring (bicyclic) bond motifs is 2. The van der Waals surface area contributed by atoms with Crippen LogP contribution in [0.4, 0.5) is 11.4 Å². The van der Waals surface area contributed by atoms with Gasteiger partial charge in [-0.05, 0) is 48.7 Å². The Hall–Kier alpha value is -2.84. The van der Waals surface area contributed by atoms with Crippen LogP contribution < -0.4 is 10.6 Å². The van der Waals surface area contributed by atoms with Gasteiger partial charge in [0, 0.05) is 21.7 Å². The molecule has 148 valence electrons. The molecule has 6 nitrogen and oxygen atoms in total. The third kappa shape index (κ3) is 4.28. The Morgan fingerprint density at radius 3 is 2.83 bits per heavy atom. The third-order valence-corrected chi connectivity index (χ3v) is 6.73. The molecular formula is C21H18N2O4S2. The molecule has 2 N–H and O–H groups in total. The van der Waals surface area contributed by atoms with Crippen LogP contribution in [-0.4, -0.2) is 29.6 Å². The molecule has 2 amide bonds. The first-order valence-electron chi connectivity index (χ1n) is 9.10. The number of hydrogen-bond acceptors (Lipinski definition) is 6. The normalized spacial score (nSPS) is 15.5. The molecule has 1 aliphatic heterocycles. The van der Waals surface area contributed by atoms with E-state index in [1.165, 1.54) is 23.1 Å². The highest BCUT2D eigenvalue weighted by Gasteiger charge is 2.28. The number of carbonyl (C=O) groups excluding carboxylic acids is 3. The van der Waals surface area contributed by atoms with E-state index < -0.39 is 5.25 Å². The molecule has 2 aromatic carbocycles. The van der Waals surface area contributed by atoms with Gasteiger partial charge in [-0.1, -0.05) is 12.1 Å². The number of amides is 2. The van der Waals surface area contributed by atoms with Crippen molar-refractivity contribution in [3.8, 4) is 0 Å². The Bertz CT molecular complexity index is 1110. The van der Waals surface area contributed by atoms with E-state index in [-0.39, 0.29) is 24.2 Å². The van der Waals surface area contributed by atoms with Gasteiger partial charge in [-0.25, -0.2) is 4.79 Å². The number of thiophene rings is 1. The molecular weight excluding hydrogens is 408 g/mol. The van der Waals surface area contributed by atoms with Crippen molar-refractivity contribution in [3.63, 3.8) is 0 Å². The molecule has 2 heterocycles. The molecule has 0 saturated carbocycles. The molecule has 29 heavy (non-hydrogen) atoms. The number of esters is 1. The van der Waals surface area contributed by atoms with E-state index in [1.807, 2.05) is 36.4 Å². The first-order valence-corrected chi connectivity index (χ1v) is 10.8. The van der Waals surface area contributed by atoms with E-state index in [9.17, 15) is 14.4 Å². The SMILES string of the molecule is CCOC(=O)c1cc2cc(NC(=O)CC3Sc4ccccc4NC3=O)ccc2s1. The number of para-hydroxylation sites is 1. The maximum absolute atomic E-state index is 12.5. The van der Waals surface area contributed by atoms with Crippen molar-refractivity contribution in [2.24, 2.45) is 0 Å². The van der Waals surface area contributed by atoms with E-state index >= 15 is 0 Å². The molecule has 0 spiro atoms. The smallest absolute Gasteiger partial charge is 0.348 e. The summed E-state index contributed by atoms with van der Waals surface area (Å²) in [5.74, 6) is -0.756. The minimum atomic E-state index is -0.481. The Morgan fingerprint density at radius 1 is 1.17 bits per heavy atom. The zero-order chi connectivity index (χ0) is 20.4. The molecule has 1 aromatic heterocycles. The zero-order valence-electron chi connectivity index (χ0n) is 15.6. The number of benzene rings is 2. The Labute approximate surface area is 175 Å². The summed E-state index contributed by atoms with van der Waals surface area (Å²) in [6, 6.07) is 14.8. The number of ether oxygens (including phenoxy) is 1. The Kier molecular flexibility index (Phi) is 5.55. The summed E-state index contributed by atoms with van der Waals surface area (Å²) >= 11 is 2.75. The fraction of sp³-hybridized carbons (Fsp3) is 0.190. The lowest BCUT2D eigenvalue weighted by atomic mass is 10.2. The van der Waals surface area contributed by atoms with Gasteiger partial charge in [-0.2, -0.15) is 0 Å². The predicted molar refractivity (Wildman–Crippen MR) is 116 cm³/mol. The number of anilines is 2. The summed E-state index contributed by atoms with van der Waals surface area (Å²) in [5.41, 5.74) is 1.40. The van der Waals surface area contributed by atoms with Crippen LogP contribution in [0, 0.1) is 0 Å². The fourth-order valence-electron chi connectivity index (χ4n) is 3.03. The summed E-state index contributed by atoms with van der Waals surface area (Å²) < 4.78 is 5.97. The maximum atomic E-state index is 12.5. The Morgan fingerprint density at radius 2 is 2.00 bits per heavy atom. The average molecular weight is 427 g/mol. The van der Waals surface area contributed by atoms with Crippen molar-refractivity contribution in [3.05, 3.63) is 53.4 Å². The van der Waals surface area contributed by atoms with E-state index in [0.717, 1.165) is 20.7 Å². The first kappa shape index (κ1) is 19.5. The monoisotopic (exact) mass is 426 g/mol. The number of thioether (sulfide) groups is 1. The summed E-state index contributed by atoms with van der Waals surface area (Å²) in [5, 5.41) is 6.07. The van der Waals surface area contributed by atoms with Gasteiger partial charge in [0.05, 0.1) is 17.5 Å². The largest absolute Gasteiger partial charge is 0.462 e. The molecule has 1 unspecified atom stereocenters. The molecule has 0 radical (unpaired) electrons. The van der Waals surface area contributed by atoms with Crippen molar-refractivity contribution in [1.82, 2.24) is 0 Å². The highest BCUT2D eigenvalue weighted by molar-refractivity contribution is 8.01. The van der Waals surface area contributed by atoms with E-state index in [4.69, 9.17) is 4.74 Å². The molecule has 1 atom stereocenters. The van der Waals surface area contributed by atoms with Crippen LogP contribution in [0.3, 0.4) is 0 Å². The lowest BCUT2D eigenvalue weighted by Crippen LogP contribution is -2.32. The second-order valence-corrected chi connectivity index (χ2v) is 8.76. The number of nitrogens with one attached hydrogen (secondary N) is 2. The lowest BCUT2D eigenvalue weighted by Gasteiger charge is -2.23. The van der Waals surface area contributed by atoms with Crippen LogP contribution >= 0.6 is 23.1 Å². The predicted octanol–water partition coefficient (Wildman–Crippen LogP) is 4.52. The zero-order valence-corrected chi connectivity index (χ0v) is 17.2. The van der Waals surface area contributed by atoms with Crippen LogP contribution in [0.25, 0.3) is 10.1 Å². The van der Waals surface area contributed by atoms with Crippen molar-refractivity contribution < 1.29 is 19.1 Å². The van der Waals surface area contributed by atoms with Crippen LogP contribution in [0.1, 0.15) is 23.0 Å². The van der Waals surface area contributed by atoms with Crippen LogP contribution in [0.5, 0.6) is 0 Å². The van der Waals surface area contributed by atoms with Crippen molar-refractivity contribution in [2.75, 3.05) is 17.2 Å². The summed E-state index contributed by atoms with van der Waals surface area (Å²) in [6.07, 6.45) is 0.0700.